The Hall–Kier alpha value is -2.58. The third-order valence-electron chi connectivity index (χ3n) is 6.08. The summed E-state index contributed by atoms with van der Waals surface area (Å²) in [6, 6.07) is 11.7. The van der Waals surface area contributed by atoms with Crippen LogP contribution < -0.4 is 5.73 Å². The van der Waals surface area contributed by atoms with Gasteiger partial charge in [0.25, 0.3) is 11.8 Å². The number of nitrogens with two attached hydrogens (primary N) is 1. The van der Waals surface area contributed by atoms with Crippen LogP contribution in [-0.4, -0.2) is 28.3 Å². The average molecular weight is 488 g/mol. The minimum atomic E-state index is -2.81. The summed E-state index contributed by atoms with van der Waals surface area (Å²) in [7, 11) is 0. The molecule has 3 aromatic rings. The summed E-state index contributed by atoms with van der Waals surface area (Å²) in [6.07, 6.45) is -0.740. The normalized spacial score (nSPS) is 20.1. The second kappa shape index (κ2) is 7.53. The van der Waals surface area contributed by atoms with Crippen molar-refractivity contribution in [2.45, 2.75) is 38.0 Å². The number of nitrogens with zero attached hydrogens (tertiary/aromatic N) is 2. The topological polar surface area (TPSA) is 68.5 Å². The molecular weight excluding hydrogens is 468 g/mol. The summed E-state index contributed by atoms with van der Waals surface area (Å²) >= 11 is 3.37. The number of anilines is 1. The molecule has 0 bridgehead atoms. The Morgan fingerprint density at radius 3 is 2.68 bits per heavy atom. The molecular formula is C23H20BrF2N3O2. The fraction of sp³-hybridized carbons (Fsp3) is 0.304. The number of carbonyl (C=O) groups is 1. The van der Waals surface area contributed by atoms with Crippen molar-refractivity contribution in [3.05, 3.63) is 69.2 Å². The number of rotatable bonds is 2. The molecule has 1 atom stereocenters. The molecule has 0 radical (unpaired) electrons. The van der Waals surface area contributed by atoms with Crippen LogP contribution in [0.15, 0.2) is 46.9 Å². The van der Waals surface area contributed by atoms with Gasteiger partial charge in [-0.05, 0) is 41.5 Å². The molecule has 2 aliphatic rings. The van der Waals surface area contributed by atoms with Crippen LogP contribution in [-0.2, 0) is 18.0 Å². The number of benzene rings is 2. The molecule has 2 N–H and O–H groups in total. The molecule has 31 heavy (non-hydrogen) atoms. The highest BCUT2D eigenvalue weighted by atomic mass is 79.9. The lowest BCUT2D eigenvalue weighted by molar-refractivity contribution is -0.0707. The van der Waals surface area contributed by atoms with Gasteiger partial charge < -0.3 is 15.4 Å². The second-order valence-corrected chi connectivity index (χ2v) is 8.97. The first kappa shape index (κ1) is 20.3. The van der Waals surface area contributed by atoms with Gasteiger partial charge in [0.05, 0.1) is 24.8 Å². The fourth-order valence-electron chi connectivity index (χ4n) is 4.43. The number of likely N-dealkylation sites (tertiary alicyclic amines) is 1. The number of alkyl halides is 2. The predicted octanol–water partition coefficient (Wildman–Crippen LogP) is 5.22. The van der Waals surface area contributed by atoms with E-state index in [-0.39, 0.29) is 18.9 Å². The Morgan fingerprint density at radius 2 is 1.90 bits per heavy atom. The highest BCUT2D eigenvalue weighted by molar-refractivity contribution is 9.10. The largest absolute Gasteiger partial charge is 0.383 e. The van der Waals surface area contributed by atoms with E-state index in [0.717, 1.165) is 21.0 Å². The Bertz CT molecular complexity index is 1180. The van der Waals surface area contributed by atoms with Gasteiger partial charge >= 0.3 is 0 Å². The molecule has 1 fully saturated rings. The maximum atomic E-state index is 14.3. The smallest absolute Gasteiger partial charge is 0.254 e. The Balaban J connectivity index is 1.54. The van der Waals surface area contributed by atoms with Gasteiger partial charge in [-0.1, -0.05) is 28.1 Å². The Morgan fingerprint density at radius 1 is 1.16 bits per heavy atom. The predicted molar refractivity (Wildman–Crippen MR) is 117 cm³/mol. The number of piperidine rings is 1. The van der Waals surface area contributed by atoms with Gasteiger partial charge in [0.2, 0.25) is 0 Å². The van der Waals surface area contributed by atoms with Gasteiger partial charge in [0.1, 0.15) is 5.82 Å². The van der Waals surface area contributed by atoms with E-state index in [2.05, 4.69) is 20.9 Å². The number of carbonyl (C=O) groups excluding carboxylic acids is 1. The molecule has 2 aliphatic heterocycles. The number of pyridine rings is 1. The maximum absolute atomic E-state index is 14.3. The number of aromatic nitrogens is 1. The van der Waals surface area contributed by atoms with Crippen molar-refractivity contribution in [3.8, 4) is 0 Å². The zero-order chi connectivity index (χ0) is 21.8. The van der Waals surface area contributed by atoms with E-state index in [1.165, 1.54) is 0 Å². The van der Waals surface area contributed by atoms with Crippen LogP contribution in [0.1, 0.15) is 45.9 Å². The number of hydrogen-bond acceptors (Lipinski definition) is 4. The summed E-state index contributed by atoms with van der Waals surface area (Å²) in [4.78, 5) is 19.4. The molecule has 8 heteroatoms. The van der Waals surface area contributed by atoms with Crippen molar-refractivity contribution in [1.29, 1.82) is 0 Å². The third kappa shape index (κ3) is 3.68. The number of nitrogen functional groups attached to an aromatic ring is 1. The van der Waals surface area contributed by atoms with Crippen LogP contribution in [0.25, 0.3) is 10.9 Å². The molecule has 1 saturated heterocycles. The Labute approximate surface area is 186 Å². The molecule has 0 aliphatic carbocycles. The molecule has 1 amide bonds. The molecule has 0 spiro atoms. The third-order valence-corrected chi connectivity index (χ3v) is 6.61. The summed E-state index contributed by atoms with van der Waals surface area (Å²) in [5.74, 6) is -2.64. The standard InChI is InChI=1S/C23H20BrF2N3O2/c24-15-4-1-13(2-5-15)20-10-23(25,26)7-8-29(20)22(30)14-3-6-19-16(9-14)17-11-31-12-18(17)21(27)28-19/h1-6,9,20H,7-8,10-12H2,(H2,27,28)/t20-/m1/s1. The van der Waals surface area contributed by atoms with Crippen LogP contribution in [0, 0.1) is 0 Å². The zero-order valence-electron chi connectivity index (χ0n) is 16.6. The monoisotopic (exact) mass is 487 g/mol. The van der Waals surface area contributed by atoms with Gasteiger partial charge in [0, 0.05) is 40.4 Å². The molecule has 5 rings (SSSR count). The number of hydrogen-bond donors (Lipinski definition) is 1. The molecule has 1 aromatic heterocycles. The highest BCUT2D eigenvalue weighted by Crippen LogP contribution is 2.41. The van der Waals surface area contributed by atoms with Crippen LogP contribution in [0.4, 0.5) is 14.6 Å². The second-order valence-electron chi connectivity index (χ2n) is 8.05. The molecule has 0 unspecified atom stereocenters. The van der Waals surface area contributed by atoms with E-state index in [1.807, 2.05) is 0 Å². The molecule has 3 heterocycles. The van der Waals surface area contributed by atoms with Crippen LogP contribution in [0.2, 0.25) is 0 Å². The van der Waals surface area contributed by atoms with Gasteiger partial charge in [0.15, 0.2) is 0 Å². The van der Waals surface area contributed by atoms with Gasteiger partial charge in [-0.15, -0.1) is 0 Å². The van der Waals surface area contributed by atoms with E-state index in [4.69, 9.17) is 10.5 Å². The van der Waals surface area contributed by atoms with E-state index in [0.29, 0.717) is 35.7 Å². The van der Waals surface area contributed by atoms with Gasteiger partial charge in [-0.25, -0.2) is 13.8 Å². The van der Waals surface area contributed by atoms with E-state index < -0.39 is 18.4 Å². The number of ether oxygens (including phenoxy) is 1. The molecule has 2 aromatic carbocycles. The summed E-state index contributed by atoms with van der Waals surface area (Å²) in [6.45, 7) is 0.800. The number of halogens is 3. The maximum Gasteiger partial charge on any atom is 0.254 e. The highest BCUT2D eigenvalue weighted by Gasteiger charge is 2.42. The fourth-order valence-corrected chi connectivity index (χ4v) is 4.69. The van der Waals surface area contributed by atoms with Crippen molar-refractivity contribution >= 4 is 38.6 Å². The zero-order valence-corrected chi connectivity index (χ0v) is 18.2. The van der Waals surface area contributed by atoms with Crippen molar-refractivity contribution in [2.24, 2.45) is 0 Å². The minimum absolute atomic E-state index is 0.00813. The van der Waals surface area contributed by atoms with Crippen LogP contribution in [0.3, 0.4) is 0 Å². The van der Waals surface area contributed by atoms with Gasteiger partial charge in [-0.3, -0.25) is 4.79 Å². The summed E-state index contributed by atoms with van der Waals surface area (Å²) in [5.41, 5.74) is 9.64. The van der Waals surface area contributed by atoms with Gasteiger partial charge in [-0.2, -0.15) is 0 Å². The first-order valence-corrected chi connectivity index (χ1v) is 10.8. The SMILES string of the molecule is Nc1nc2ccc(C(=O)N3CCC(F)(F)C[C@@H]3c3ccc(Br)cc3)cc2c2c1COC2. The average Bonchev–Trinajstić information content (AvgIpc) is 3.24. The van der Waals surface area contributed by atoms with Crippen LogP contribution >= 0.6 is 15.9 Å². The van der Waals surface area contributed by atoms with Crippen molar-refractivity contribution < 1.29 is 18.3 Å². The van der Waals surface area contributed by atoms with Crippen molar-refractivity contribution in [2.75, 3.05) is 12.3 Å². The Kier molecular flexibility index (Phi) is 4.94. The quantitative estimate of drug-likeness (QED) is 0.537. The van der Waals surface area contributed by atoms with E-state index in [1.54, 1.807) is 47.4 Å². The lowest BCUT2D eigenvalue weighted by Crippen LogP contribution is -2.45. The van der Waals surface area contributed by atoms with Crippen LogP contribution in [0.5, 0.6) is 0 Å². The minimum Gasteiger partial charge on any atom is -0.383 e. The number of fused-ring (bicyclic) bond motifs is 3. The molecule has 0 saturated carbocycles. The van der Waals surface area contributed by atoms with E-state index >= 15 is 0 Å². The summed E-state index contributed by atoms with van der Waals surface area (Å²) < 4.78 is 34.9. The van der Waals surface area contributed by atoms with Crippen molar-refractivity contribution in [3.63, 3.8) is 0 Å². The first-order valence-electron chi connectivity index (χ1n) is 10.1. The van der Waals surface area contributed by atoms with E-state index in [9.17, 15) is 13.6 Å². The van der Waals surface area contributed by atoms with Crippen molar-refractivity contribution in [1.82, 2.24) is 9.88 Å². The molecule has 160 valence electrons. The number of amides is 1. The lowest BCUT2D eigenvalue weighted by Gasteiger charge is -2.39. The lowest BCUT2D eigenvalue weighted by atomic mass is 9.91. The first-order chi connectivity index (χ1) is 14.8. The summed E-state index contributed by atoms with van der Waals surface area (Å²) in [5, 5.41) is 0.815. The molecule has 5 nitrogen and oxygen atoms in total.